The standard InChI is InChI=1S/C27H43N3O5/c1-5-9-10-17-29(16-8-4)26(34)23-27-13-12-20(35-27)21(24(32)28(14-6-2)15-7-3)22(27)25(33)30(23)18-11-19-31/h6,8,20-23,31H,2,4-5,7,9-19H2,1,3H3/t20-,21+,22-,23?,27?/m0/s1. The number of ether oxygens (including phenoxy) is 1. The van der Waals surface area contributed by atoms with Gasteiger partial charge in [-0.3, -0.25) is 14.4 Å². The van der Waals surface area contributed by atoms with Crippen LogP contribution in [0.25, 0.3) is 0 Å². The maximum Gasteiger partial charge on any atom is 0.248 e. The van der Waals surface area contributed by atoms with Gasteiger partial charge in [0.25, 0.3) is 0 Å². The van der Waals surface area contributed by atoms with E-state index in [1.165, 1.54) is 0 Å². The van der Waals surface area contributed by atoms with Crippen LogP contribution in [0.3, 0.4) is 0 Å². The minimum Gasteiger partial charge on any atom is -0.396 e. The lowest BCUT2D eigenvalue weighted by molar-refractivity contribution is -0.148. The number of hydrogen-bond acceptors (Lipinski definition) is 5. The fourth-order valence-electron chi connectivity index (χ4n) is 6.30. The number of fused-ring (bicyclic) bond motifs is 1. The largest absolute Gasteiger partial charge is 0.396 e. The molecule has 3 saturated heterocycles. The molecule has 35 heavy (non-hydrogen) atoms. The first kappa shape index (κ1) is 27.4. The van der Waals surface area contributed by atoms with E-state index in [9.17, 15) is 19.5 Å². The summed E-state index contributed by atoms with van der Waals surface area (Å²) < 4.78 is 6.52. The molecule has 2 unspecified atom stereocenters. The summed E-state index contributed by atoms with van der Waals surface area (Å²) >= 11 is 0. The molecule has 3 amide bonds. The molecule has 3 heterocycles. The van der Waals surface area contributed by atoms with Crippen LogP contribution in [0.15, 0.2) is 25.3 Å². The van der Waals surface area contributed by atoms with Gasteiger partial charge in [0.2, 0.25) is 17.7 Å². The third-order valence-corrected chi connectivity index (χ3v) is 7.72. The summed E-state index contributed by atoms with van der Waals surface area (Å²) in [5.41, 5.74) is -0.995. The van der Waals surface area contributed by atoms with E-state index in [1.807, 2.05) is 6.92 Å². The molecule has 0 aromatic rings. The van der Waals surface area contributed by atoms with Gasteiger partial charge in [0.15, 0.2) is 0 Å². The van der Waals surface area contributed by atoms with E-state index < -0.39 is 23.5 Å². The van der Waals surface area contributed by atoms with Gasteiger partial charge < -0.3 is 24.5 Å². The molecule has 3 fully saturated rings. The second kappa shape index (κ2) is 12.2. The number of nitrogens with zero attached hydrogens (tertiary/aromatic N) is 3. The topological polar surface area (TPSA) is 90.4 Å². The van der Waals surface area contributed by atoms with Crippen molar-refractivity contribution in [3.8, 4) is 0 Å². The van der Waals surface area contributed by atoms with Gasteiger partial charge in [-0.2, -0.15) is 0 Å². The van der Waals surface area contributed by atoms with Gasteiger partial charge >= 0.3 is 0 Å². The normalized spacial score (nSPS) is 28.8. The van der Waals surface area contributed by atoms with Crippen molar-refractivity contribution in [1.29, 1.82) is 0 Å². The number of amides is 3. The summed E-state index contributed by atoms with van der Waals surface area (Å²) in [7, 11) is 0. The average Bonchev–Trinajstić information content (AvgIpc) is 3.48. The Labute approximate surface area is 210 Å². The summed E-state index contributed by atoms with van der Waals surface area (Å²) in [6.07, 6.45) is 8.40. The Morgan fingerprint density at radius 1 is 1.09 bits per heavy atom. The zero-order chi connectivity index (χ0) is 25.6. The van der Waals surface area contributed by atoms with Crippen LogP contribution in [-0.4, -0.2) is 94.6 Å². The van der Waals surface area contributed by atoms with E-state index in [0.717, 1.165) is 25.7 Å². The Hall–Kier alpha value is -2.19. The molecule has 0 radical (unpaired) electrons. The lowest BCUT2D eigenvalue weighted by Crippen LogP contribution is -2.56. The molecular weight excluding hydrogens is 446 g/mol. The Kier molecular flexibility index (Phi) is 9.53. The highest BCUT2D eigenvalue weighted by atomic mass is 16.5. The molecule has 196 valence electrons. The van der Waals surface area contributed by atoms with Gasteiger partial charge in [-0.05, 0) is 32.1 Å². The Bertz CT molecular complexity index is 802. The van der Waals surface area contributed by atoms with Crippen molar-refractivity contribution in [2.75, 3.05) is 39.3 Å². The first-order valence-electron chi connectivity index (χ1n) is 13.3. The van der Waals surface area contributed by atoms with Crippen molar-refractivity contribution < 1.29 is 24.2 Å². The quantitative estimate of drug-likeness (QED) is 0.282. The predicted octanol–water partition coefficient (Wildman–Crippen LogP) is 2.37. The molecule has 3 rings (SSSR count). The van der Waals surface area contributed by atoms with E-state index in [0.29, 0.717) is 45.4 Å². The lowest BCUT2D eigenvalue weighted by Gasteiger charge is -2.37. The smallest absolute Gasteiger partial charge is 0.248 e. The number of carbonyl (C=O) groups excluding carboxylic acids is 3. The predicted molar refractivity (Wildman–Crippen MR) is 134 cm³/mol. The van der Waals surface area contributed by atoms with Crippen molar-refractivity contribution in [2.45, 2.75) is 76.5 Å². The number of rotatable bonds is 15. The van der Waals surface area contributed by atoms with E-state index in [-0.39, 0.29) is 37.0 Å². The van der Waals surface area contributed by atoms with Gasteiger partial charge in [-0.25, -0.2) is 0 Å². The molecule has 3 aliphatic heterocycles. The summed E-state index contributed by atoms with van der Waals surface area (Å²) in [4.78, 5) is 46.7. The van der Waals surface area contributed by atoms with E-state index >= 15 is 0 Å². The molecule has 0 saturated carbocycles. The second-order valence-electron chi connectivity index (χ2n) is 10.0. The molecule has 5 atom stereocenters. The van der Waals surface area contributed by atoms with Crippen LogP contribution in [0.4, 0.5) is 0 Å². The number of unbranched alkanes of at least 4 members (excludes halogenated alkanes) is 2. The minimum atomic E-state index is -0.995. The van der Waals surface area contributed by atoms with Crippen LogP contribution in [-0.2, 0) is 19.1 Å². The third-order valence-electron chi connectivity index (χ3n) is 7.72. The molecule has 1 spiro atoms. The number of hydrogen-bond donors (Lipinski definition) is 1. The summed E-state index contributed by atoms with van der Waals surface area (Å²) in [5, 5.41) is 9.49. The van der Waals surface area contributed by atoms with Crippen LogP contribution in [0.1, 0.15) is 58.8 Å². The number of aliphatic hydroxyl groups excluding tert-OH is 1. The average molecular weight is 490 g/mol. The number of aliphatic hydroxyl groups is 1. The highest BCUT2D eigenvalue weighted by molar-refractivity contribution is 5.99. The molecular formula is C27H43N3O5. The fourth-order valence-corrected chi connectivity index (χ4v) is 6.30. The molecule has 8 heteroatoms. The van der Waals surface area contributed by atoms with E-state index in [1.54, 1.807) is 26.9 Å². The van der Waals surface area contributed by atoms with Crippen LogP contribution in [0.5, 0.6) is 0 Å². The fraction of sp³-hybridized carbons (Fsp3) is 0.741. The first-order valence-corrected chi connectivity index (χ1v) is 13.3. The zero-order valence-electron chi connectivity index (χ0n) is 21.5. The van der Waals surface area contributed by atoms with Crippen molar-refractivity contribution in [3.63, 3.8) is 0 Å². The molecule has 1 N–H and O–H groups in total. The van der Waals surface area contributed by atoms with Gasteiger partial charge in [-0.1, -0.05) is 38.8 Å². The van der Waals surface area contributed by atoms with Crippen LogP contribution in [0.2, 0.25) is 0 Å². The van der Waals surface area contributed by atoms with Gasteiger partial charge in [-0.15, -0.1) is 13.2 Å². The lowest BCUT2D eigenvalue weighted by atomic mass is 9.70. The molecule has 0 aromatic heterocycles. The second-order valence-corrected chi connectivity index (χ2v) is 10.0. The third kappa shape index (κ3) is 5.05. The van der Waals surface area contributed by atoms with Crippen molar-refractivity contribution in [3.05, 3.63) is 25.3 Å². The minimum absolute atomic E-state index is 0.0787. The van der Waals surface area contributed by atoms with Gasteiger partial charge in [0, 0.05) is 39.3 Å². The Morgan fingerprint density at radius 2 is 1.77 bits per heavy atom. The highest BCUT2D eigenvalue weighted by Crippen LogP contribution is 2.59. The van der Waals surface area contributed by atoms with Gasteiger partial charge in [0.05, 0.1) is 17.9 Å². The maximum atomic E-state index is 14.0. The molecule has 8 nitrogen and oxygen atoms in total. The number of likely N-dealkylation sites (tertiary alicyclic amines) is 1. The Morgan fingerprint density at radius 3 is 2.37 bits per heavy atom. The SMILES string of the molecule is C=CCN(CCCCC)C(=O)C1N(CCCO)C(=O)[C@@H]2[C@H](C(=O)N(CC=C)CCC)[C@@H]3CCC12O3. The van der Waals surface area contributed by atoms with Crippen LogP contribution >= 0.6 is 0 Å². The van der Waals surface area contributed by atoms with Crippen LogP contribution < -0.4 is 0 Å². The zero-order valence-corrected chi connectivity index (χ0v) is 21.5. The summed E-state index contributed by atoms with van der Waals surface area (Å²) in [5.74, 6) is -1.69. The Balaban J connectivity index is 1.97. The van der Waals surface area contributed by atoms with E-state index in [2.05, 4.69) is 20.1 Å². The van der Waals surface area contributed by atoms with Gasteiger partial charge in [0.1, 0.15) is 11.6 Å². The van der Waals surface area contributed by atoms with Crippen molar-refractivity contribution >= 4 is 17.7 Å². The summed E-state index contributed by atoms with van der Waals surface area (Å²) in [6, 6.07) is -0.782. The molecule has 0 aliphatic carbocycles. The van der Waals surface area contributed by atoms with Crippen molar-refractivity contribution in [2.24, 2.45) is 11.8 Å². The summed E-state index contributed by atoms with van der Waals surface area (Å²) in [6.45, 7) is 13.9. The first-order chi connectivity index (χ1) is 16.9. The van der Waals surface area contributed by atoms with E-state index in [4.69, 9.17) is 4.74 Å². The molecule has 0 aromatic carbocycles. The molecule has 2 bridgehead atoms. The number of carbonyl (C=O) groups is 3. The maximum absolute atomic E-state index is 14.0. The highest BCUT2D eigenvalue weighted by Gasteiger charge is 2.74. The monoisotopic (exact) mass is 489 g/mol. The van der Waals surface area contributed by atoms with Crippen molar-refractivity contribution in [1.82, 2.24) is 14.7 Å². The van der Waals surface area contributed by atoms with Crippen LogP contribution in [0, 0.1) is 11.8 Å². The molecule has 3 aliphatic rings.